The first-order valence-electron chi connectivity index (χ1n) is 8.80. The fraction of sp³-hybridized carbons (Fsp3) is 0.318. The second-order valence-corrected chi connectivity index (χ2v) is 6.25. The van der Waals surface area contributed by atoms with Crippen LogP contribution in [0.15, 0.2) is 60.8 Å². The molecule has 0 unspecified atom stereocenters. The van der Waals surface area contributed by atoms with Gasteiger partial charge in [0, 0.05) is 6.20 Å². The van der Waals surface area contributed by atoms with Gasteiger partial charge < -0.3 is 5.73 Å². The van der Waals surface area contributed by atoms with Crippen molar-refractivity contribution in [2.45, 2.75) is 46.0 Å². The maximum absolute atomic E-state index is 5.67. The number of nitrogen functional groups attached to an aromatic ring is 1. The Bertz CT molecular complexity index is 679. The molecule has 126 valence electrons. The van der Waals surface area contributed by atoms with Crippen LogP contribution in [0.25, 0.3) is 5.57 Å². The van der Waals surface area contributed by atoms with Crippen molar-refractivity contribution in [2.24, 2.45) is 0 Å². The summed E-state index contributed by atoms with van der Waals surface area (Å²) >= 11 is 0. The SMILES string of the molecule is C=C(/C=C(\CC)c1ccc(N)nc1)Cc1ccc(CCCC)cc1. The highest BCUT2D eigenvalue weighted by atomic mass is 14.8. The van der Waals surface area contributed by atoms with E-state index in [2.05, 4.69) is 55.8 Å². The maximum Gasteiger partial charge on any atom is 0.123 e. The Hall–Kier alpha value is -2.35. The van der Waals surface area contributed by atoms with Gasteiger partial charge in [-0.2, -0.15) is 0 Å². The molecule has 1 aromatic heterocycles. The largest absolute Gasteiger partial charge is 0.384 e. The quantitative estimate of drug-likeness (QED) is 0.643. The Morgan fingerprint density at radius 3 is 2.38 bits per heavy atom. The van der Waals surface area contributed by atoms with Crippen LogP contribution in [0.2, 0.25) is 0 Å². The zero-order valence-electron chi connectivity index (χ0n) is 14.9. The first kappa shape index (κ1) is 18.0. The van der Waals surface area contributed by atoms with E-state index in [1.54, 1.807) is 0 Å². The van der Waals surface area contributed by atoms with E-state index >= 15 is 0 Å². The normalized spacial score (nSPS) is 11.5. The van der Waals surface area contributed by atoms with Gasteiger partial charge in [-0.3, -0.25) is 0 Å². The molecule has 0 aliphatic heterocycles. The van der Waals surface area contributed by atoms with Crippen molar-refractivity contribution in [2.75, 3.05) is 5.73 Å². The van der Waals surface area contributed by atoms with E-state index in [1.165, 1.54) is 36.0 Å². The molecule has 0 bridgehead atoms. The second-order valence-electron chi connectivity index (χ2n) is 6.25. The lowest BCUT2D eigenvalue weighted by atomic mass is 9.98. The van der Waals surface area contributed by atoms with E-state index in [0.717, 1.165) is 24.0 Å². The summed E-state index contributed by atoms with van der Waals surface area (Å²) in [7, 11) is 0. The number of rotatable bonds is 8. The van der Waals surface area contributed by atoms with Crippen molar-refractivity contribution in [1.29, 1.82) is 0 Å². The molecule has 0 saturated carbocycles. The van der Waals surface area contributed by atoms with Crippen molar-refractivity contribution in [3.63, 3.8) is 0 Å². The lowest BCUT2D eigenvalue weighted by Crippen LogP contribution is -1.93. The van der Waals surface area contributed by atoms with Crippen molar-refractivity contribution < 1.29 is 0 Å². The molecule has 1 aromatic carbocycles. The third kappa shape index (κ3) is 5.38. The van der Waals surface area contributed by atoms with E-state index in [1.807, 2.05) is 18.3 Å². The summed E-state index contributed by atoms with van der Waals surface area (Å²) < 4.78 is 0. The summed E-state index contributed by atoms with van der Waals surface area (Å²) in [4.78, 5) is 4.18. The fourth-order valence-electron chi connectivity index (χ4n) is 2.75. The van der Waals surface area contributed by atoms with Gasteiger partial charge in [-0.15, -0.1) is 0 Å². The van der Waals surface area contributed by atoms with Crippen molar-refractivity contribution >= 4 is 11.4 Å². The van der Waals surface area contributed by atoms with Gasteiger partial charge in [0.25, 0.3) is 0 Å². The average molecular weight is 320 g/mol. The number of aryl methyl sites for hydroxylation is 1. The number of nitrogens with two attached hydrogens (primary N) is 1. The highest BCUT2D eigenvalue weighted by Crippen LogP contribution is 2.21. The lowest BCUT2D eigenvalue weighted by molar-refractivity contribution is 0.795. The fourth-order valence-corrected chi connectivity index (χ4v) is 2.75. The van der Waals surface area contributed by atoms with Gasteiger partial charge >= 0.3 is 0 Å². The number of nitrogens with zero attached hydrogens (tertiary/aromatic N) is 1. The minimum Gasteiger partial charge on any atom is -0.384 e. The number of pyridine rings is 1. The van der Waals surface area contributed by atoms with Crippen LogP contribution >= 0.6 is 0 Å². The monoisotopic (exact) mass is 320 g/mol. The van der Waals surface area contributed by atoms with Crippen LogP contribution < -0.4 is 5.73 Å². The Labute approximate surface area is 146 Å². The van der Waals surface area contributed by atoms with Crippen LogP contribution in [0.3, 0.4) is 0 Å². The summed E-state index contributed by atoms with van der Waals surface area (Å²) in [6, 6.07) is 12.8. The average Bonchev–Trinajstić information content (AvgIpc) is 2.60. The molecule has 0 saturated heterocycles. The van der Waals surface area contributed by atoms with E-state index in [0.29, 0.717) is 5.82 Å². The van der Waals surface area contributed by atoms with Crippen LogP contribution in [0.1, 0.15) is 49.8 Å². The minimum atomic E-state index is 0.552. The first-order valence-corrected chi connectivity index (χ1v) is 8.80. The molecule has 0 amide bonds. The molecular formula is C22H28N2. The number of allylic oxidation sites excluding steroid dienone is 3. The topological polar surface area (TPSA) is 38.9 Å². The molecule has 2 nitrogen and oxygen atoms in total. The van der Waals surface area contributed by atoms with Crippen molar-refractivity contribution in [1.82, 2.24) is 4.98 Å². The Morgan fingerprint density at radius 1 is 1.08 bits per heavy atom. The van der Waals surface area contributed by atoms with Gasteiger partial charge in [0.2, 0.25) is 0 Å². The number of unbranched alkanes of at least 4 members (excludes halogenated alkanes) is 1. The van der Waals surface area contributed by atoms with Gasteiger partial charge in [-0.25, -0.2) is 4.98 Å². The maximum atomic E-state index is 5.67. The molecule has 0 spiro atoms. The zero-order chi connectivity index (χ0) is 17.4. The van der Waals surface area contributed by atoms with E-state index in [4.69, 9.17) is 5.73 Å². The number of benzene rings is 1. The summed E-state index contributed by atoms with van der Waals surface area (Å²) in [6.45, 7) is 8.61. The van der Waals surface area contributed by atoms with Crippen LogP contribution in [0.5, 0.6) is 0 Å². The summed E-state index contributed by atoms with van der Waals surface area (Å²) in [6.07, 6.45) is 9.49. The van der Waals surface area contributed by atoms with Crippen LogP contribution in [-0.2, 0) is 12.8 Å². The van der Waals surface area contributed by atoms with Gasteiger partial charge in [-0.05, 0) is 60.1 Å². The molecule has 2 aromatic rings. The number of aromatic nitrogens is 1. The predicted octanol–water partition coefficient (Wildman–Crippen LogP) is 5.60. The van der Waals surface area contributed by atoms with Crippen molar-refractivity contribution in [3.05, 3.63) is 77.5 Å². The first-order chi connectivity index (χ1) is 11.6. The lowest BCUT2D eigenvalue weighted by Gasteiger charge is -2.08. The van der Waals surface area contributed by atoms with Gasteiger partial charge in [0.05, 0.1) is 0 Å². The van der Waals surface area contributed by atoms with E-state index < -0.39 is 0 Å². The smallest absolute Gasteiger partial charge is 0.123 e. The van der Waals surface area contributed by atoms with Crippen LogP contribution in [-0.4, -0.2) is 4.98 Å². The molecule has 0 aliphatic rings. The highest BCUT2D eigenvalue weighted by molar-refractivity contribution is 5.68. The molecule has 2 heteroatoms. The standard InChI is InChI=1S/C22H28N2/c1-4-6-7-18-8-10-19(11-9-18)14-17(3)15-20(5-2)21-12-13-22(23)24-16-21/h8-13,15-16H,3-7,14H2,1-2H3,(H2,23,24)/b20-15+. The second kappa shape index (κ2) is 9.07. The van der Waals surface area contributed by atoms with Gasteiger partial charge in [0.15, 0.2) is 0 Å². The number of hydrogen-bond acceptors (Lipinski definition) is 2. The minimum absolute atomic E-state index is 0.552. The number of hydrogen-bond donors (Lipinski definition) is 1. The zero-order valence-corrected chi connectivity index (χ0v) is 14.9. The molecular weight excluding hydrogens is 292 g/mol. The van der Waals surface area contributed by atoms with Gasteiger partial charge in [-0.1, -0.05) is 62.8 Å². The van der Waals surface area contributed by atoms with Crippen molar-refractivity contribution in [3.8, 4) is 0 Å². The Morgan fingerprint density at radius 2 is 1.79 bits per heavy atom. The van der Waals surface area contributed by atoms with Gasteiger partial charge in [0.1, 0.15) is 5.82 Å². The summed E-state index contributed by atoms with van der Waals surface area (Å²) in [5.74, 6) is 0.552. The Kier molecular flexibility index (Phi) is 6.80. The molecule has 24 heavy (non-hydrogen) atoms. The molecule has 1 heterocycles. The van der Waals surface area contributed by atoms with E-state index in [9.17, 15) is 0 Å². The molecule has 0 aliphatic carbocycles. The molecule has 0 fully saturated rings. The third-order valence-electron chi connectivity index (χ3n) is 4.19. The number of anilines is 1. The Balaban J connectivity index is 2.03. The van der Waals surface area contributed by atoms with E-state index in [-0.39, 0.29) is 0 Å². The molecule has 0 radical (unpaired) electrons. The van der Waals surface area contributed by atoms with Crippen LogP contribution in [0, 0.1) is 0 Å². The summed E-state index contributed by atoms with van der Waals surface area (Å²) in [5.41, 5.74) is 11.9. The molecule has 0 atom stereocenters. The predicted molar refractivity (Wildman–Crippen MR) is 105 cm³/mol. The molecule has 2 N–H and O–H groups in total. The summed E-state index contributed by atoms with van der Waals surface area (Å²) in [5, 5.41) is 0. The molecule has 2 rings (SSSR count). The van der Waals surface area contributed by atoms with Crippen LogP contribution in [0.4, 0.5) is 5.82 Å². The third-order valence-corrected chi connectivity index (χ3v) is 4.19. The highest BCUT2D eigenvalue weighted by Gasteiger charge is 2.02.